The minimum Gasteiger partial charge on any atom is -0.308 e. The number of nitrogens with one attached hydrogen (secondary N) is 1. The summed E-state index contributed by atoms with van der Waals surface area (Å²) in [5, 5.41) is 3.51. The fraction of sp³-hybridized carbons (Fsp3) is 0.600. The lowest BCUT2D eigenvalue weighted by molar-refractivity contribution is 0.180. The van der Waals surface area contributed by atoms with E-state index in [1.54, 1.807) is 6.07 Å². The number of benzene rings is 1. The molecular weight excluding hydrogens is 246 g/mol. The molecule has 0 saturated carbocycles. The first-order valence-corrected chi connectivity index (χ1v) is 7.15. The molecule has 104 valence electrons. The number of hydrogen-bond donors (Lipinski definition) is 1. The topological polar surface area (TPSA) is 15.3 Å². The summed E-state index contributed by atoms with van der Waals surface area (Å²) in [5.41, 5.74) is 0.813. The molecule has 3 rings (SSSR count). The molecule has 1 aromatic rings. The smallest absolute Gasteiger partial charge is 0.159 e. The molecule has 0 bridgehead atoms. The van der Waals surface area contributed by atoms with Gasteiger partial charge in [0, 0.05) is 25.2 Å². The lowest BCUT2D eigenvalue weighted by Crippen LogP contribution is -2.44. The molecule has 0 radical (unpaired) electrons. The lowest BCUT2D eigenvalue weighted by atomic mass is 9.99. The predicted octanol–water partition coefficient (Wildman–Crippen LogP) is 2.68. The van der Waals surface area contributed by atoms with Gasteiger partial charge in [0.05, 0.1) is 0 Å². The zero-order valence-corrected chi connectivity index (χ0v) is 11.0. The second kappa shape index (κ2) is 5.55. The number of nitrogens with zero attached hydrogens (tertiary/aromatic N) is 1. The molecule has 2 atom stereocenters. The summed E-state index contributed by atoms with van der Waals surface area (Å²) in [6.45, 7) is 3.00. The van der Waals surface area contributed by atoms with Gasteiger partial charge in [-0.3, -0.25) is 4.90 Å². The van der Waals surface area contributed by atoms with Crippen molar-refractivity contribution in [1.82, 2.24) is 10.2 Å². The van der Waals surface area contributed by atoms with E-state index in [2.05, 4.69) is 10.2 Å². The average Bonchev–Trinajstić information content (AvgIpc) is 2.83. The largest absolute Gasteiger partial charge is 0.308 e. The molecule has 19 heavy (non-hydrogen) atoms. The van der Waals surface area contributed by atoms with Gasteiger partial charge in [-0.05, 0) is 43.5 Å². The van der Waals surface area contributed by atoms with Crippen molar-refractivity contribution in [3.05, 3.63) is 35.4 Å². The van der Waals surface area contributed by atoms with Crippen LogP contribution in [-0.4, -0.2) is 30.1 Å². The van der Waals surface area contributed by atoms with Crippen LogP contribution in [0.25, 0.3) is 0 Å². The van der Waals surface area contributed by atoms with Gasteiger partial charge < -0.3 is 5.32 Å². The molecule has 0 amide bonds. The maximum absolute atomic E-state index is 13.1. The van der Waals surface area contributed by atoms with Crippen molar-refractivity contribution in [3.63, 3.8) is 0 Å². The second-order valence-corrected chi connectivity index (χ2v) is 5.62. The highest BCUT2D eigenvalue weighted by Crippen LogP contribution is 2.27. The average molecular weight is 266 g/mol. The normalized spacial score (nSPS) is 27.5. The molecule has 1 N–H and O–H groups in total. The highest BCUT2D eigenvalue weighted by atomic mass is 19.2. The van der Waals surface area contributed by atoms with Gasteiger partial charge in [0.2, 0.25) is 0 Å². The van der Waals surface area contributed by atoms with E-state index in [9.17, 15) is 8.78 Å². The van der Waals surface area contributed by atoms with Crippen LogP contribution < -0.4 is 5.32 Å². The van der Waals surface area contributed by atoms with Crippen LogP contribution in [0, 0.1) is 11.6 Å². The standard InChI is InChI=1S/C15H20F2N2/c16-12-5-4-11(9-13(12)17)10-18-14-6-8-19-7-2-1-3-15(14)19/h4-5,9,14-15,18H,1-3,6-8,10H2. The van der Waals surface area contributed by atoms with E-state index < -0.39 is 11.6 Å². The van der Waals surface area contributed by atoms with Crippen LogP contribution in [0.4, 0.5) is 8.78 Å². The fourth-order valence-corrected chi connectivity index (χ4v) is 3.38. The minimum atomic E-state index is -0.775. The van der Waals surface area contributed by atoms with Gasteiger partial charge in [0.25, 0.3) is 0 Å². The molecule has 0 spiro atoms. The Morgan fingerprint density at radius 1 is 1.11 bits per heavy atom. The first-order valence-electron chi connectivity index (χ1n) is 7.15. The third-order valence-corrected chi connectivity index (χ3v) is 4.41. The summed E-state index contributed by atoms with van der Waals surface area (Å²) in [5.74, 6) is -1.53. The van der Waals surface area contributed by atoms with Crippen molar-refractivity contribution in [2.45, 2.75) is 44.3 Å². The monoisotopic (exact) mass is 266 g/mol. The van der Waals surface area contributed by atoms with Gasteiger partial charge in [-0.2, -0.15) is 0 Å². The lowest BCUT2D eigenvalue weighted by Gasteiger charge is -2.32. The molecule has 4 heteroatoms. The second-order valence-electron chi connectivity index (χ2n) is 5.62. The number of rotatable bonds is 3. The van der Waals surface area contributed by atoms with E-state index in [-0.39, 0.29) is 0 Å². The Bertz CT molecular complexity index is 450. The quantitative estimate of drug-likeness (QED) is 0.905. The molecule has 2 nitrogen and oxygen atoms in total. The van der Waals surface area contributed by atoms with Gasteiger partial charge in [-0.25, -0.2) is 8.78 Å². The highest BCUT2D eigenvalue weighted by Gasteiger charge is 2.34. The molecule has 0 aliphatic carbocycles. The highest BCUT2D eigenvalue weighted by molar-refractivity contribution is 5.17. The van der Waals surface area contributed by atoms with Gasteiger partial charge in [-0.1, -0.05) is 12.5 Å². The zero-order chi connectivity index (χ0) is 13.2. The van der Waals surface area contributed by atoms with Crippen molar-refractivity contribution >= 4 is 0 Å². The number of hydrogen-bond acceptors (Lipinski definition) is 2. The number of fused-ring (bicyclic) bond motifs is 1. The van der Waals surface area contributed by atoms with Gasteiger partial charge in [0.1, 0.15) is 0 Å². The molecule has 2 fully saturated rings. The molecule has 2 unspecified atom stereocenters. The van der Waals surface area contributed by atoms with Crippen LogP contribution in [0.2, 0.25) is 0 Å². The molecule has 2 aliphatic heterocycles. The Labute approximate surface area is 112 Å². The van der Waals surface area contributed by atoms with Crippen molar-refractivity contribution in [1.29, 1.82) is 0 Å². The maximum atomic E-state index is 13.1. The van der Waals surface area contributed by atoms with Gasteiger partial charge in [0.15, 0.2) is 11.6 Å². The zero-order valence-electron chi connectivity index (χ0n) is 11.0. The van der Waals surface area contributed by atoms with E-state index in [1.807, 2.05) is 0 Å². The summed E-state index contributed by atoms with van der Waals surface area (Å²) in [6.07, 6.45) is 5.04. The van der Waals surface area contributed by atoms with Crippen molar-refractivity contribution in [3.8, 4) is 0 Å². The summed E-state index contributed by atoms with van der Waals surface area (Å²) in [7, 11) is 0. The molecule has 0 aromatic heterocycles. The predicted molar refractivity (Wildman–Crippen MR) is 70.8 cm³/mol. The van der Waals surface area contributed by atoms with Crippen LogP contribution in [-0.2, 0) is 6.54 Å². The Morgan fingerprint density at radius 3 is 2.84 bits per heavy atom. The molecule has 2 heterocycles. The first kappa shape index (κ1) is 13.0. The Kier molecular flexibility index (Phi) is 3.80. The van der Waals surface area contributed by atoms with E-state index in [0.29, 0.717) is 18.6 Å². The van der Waals surface area contributed by atoms with Crippen LogP contribution >= 0.6 is 0 Å². The SMILES string of the molecule is Fc1ccc(CNC2CCN3CCCCC23)cc1F. The van der Waals surface area contributed by atoms with E-state index in [4.69, 9.17) is 0 Å². The van der Waals surface area contributed by atoms with Crippen molar-refractivity contribution in [2.24, 2.45) is 0 Å². The Hall–Kier alpha value is -1.00. The summed E-state index contributed by atoms with van der Waals surface area (Å²) < 4.78 is 26.0. The van der Waals surface area contributed by atoms with Crippen molar-refractivity contribution in [2.75, 3.05) is 13.1 Å². The van der Waals surface area contributed by atoms with Crippen LogP contribution in [0.15, 0.2) is 18.2 Å². The summed E-state index contributed by atoms with van der Waals surface area (Å²) >= 11 is 0. The first-order chi connectivity index (χ1) is 9.24. The number of piperidine rings is 1. The van der Waals surface area contributed by atoms with E-state index in [1.165, 1.54) is 44.5 Å². The van der Waals surface area contributed by atoms with E-state index in [0.717, 1.165) is 12.0 Å². The minimum absolute atomic E-state index is 0.494. The van der Waals surface area contributed by atoms with Gasteiger partial charge in [-0.15, -0.1) is 0 Å². The van der Waals surface area contributed by atoms with Crippen LogP contribution in [0.5, 0.6) is 0 Å². The summed E-state index contributed by atoms with van der Waals surface area (Å²) in [6, 6.07) is 5.27. The third kappa shape index (κ3) is 2.79. The van der Waals surface area contributed by atoms with Crippen LogP contribution in [0.3, 0.4) is 0 Å². The Balaban J connectivity index is 1.58. The molecule has 2 aliphatic rings. The summed E-state index contributed by atoms with van der Waals surface area (Å²) in [4.78, 5) is 2.56. The van der Waals surface area contributed by atoms with Gasteiger partial charge >= 0.3 is 0 Å². The molecule has 1 aromatic carbocycles. The number of halogens is 2. The molecular formula is C15H20F2N2. The maximum Gasteiger partial charge on any atom is 0.159 e. The third-order valence-electron chi connectivity index (χ3n) is 4.41. The van der Waals surface area contributed by atoms with E-state index >= 15 is 0 Å². The Morgan fingerprint density at radius 2 is 2.00 bits per heavy atom. The van der Waals surface area contributed by atoms with Crippen LogP contribution in [0.1, 0.15) is 31.2 Å². The molecule has 2 saturated heterocycles. The van der Waals surface area contributed by atoms with Crippen molar-refractivity contribution < 1.29 is 8.78 Å². The fourth-order valence-electron chi connectivity index (χ4n) is 3.38.